The third-order valence-corrected chi connectivity index (χ3v) is 8.72. The number of nitrogens with one attached hydrogen (secondary N) is 1. The van der Waals surface area contributed by atoms with Crippen LogP contribution in [0.1, 0.15) is 25.7 Å². The Morgan fingerprint density at radius 1 is 1.38 bits per heavy atom. The summed E-state index contributed by atoms with van der Waals surface area (Å²) in [5.41, 5.74) is 0. The second-order valence-electron chi connectivity index (χ2n) is 5.75. The number of rotatable bonds is 6. The van der Waals surface area contributed by atoms with Gasteiger partial charge in [-0.1, -0.05) is 11.6 Å². The molecule has 1 aromatic heterocycles. The zero-order valence-electron chi connectivity index (χ0n) is 11.5. The van der Waals surface area contributed by atoms with Crippen LogP contribution in [0.3, 0.4) is 0 Å². The van der Waals surface area contributed by atoms with Crippen molar-refractivity contribution in [2.24, 2.45) is 5.92 Å². The zero-order chi connectivity index (χ0) is 15.0. The number of nitrogens with zero attached hydrogens (tertiary/aromatic N) is 1. The van der Waals surface area contributed by atoms with Gasteiger partial charge in [0, 0.05) is 19.1 Å². The van der Waals surface area contributed by atoms with E-state index in [4.69, 9.17) is 11.6 Å². The Morgan fingerprint density at radius 2 is 2.14 bits per heavy atom. The minimum atomic E-state index is -3.45. The first-order chi connectivity index (χ1) is 9.96. The van der Waals surface area contributed by atoms with Gasteiger partial charge in [0.2, 0.25) is 0 Å². The van der Waals surface area contributed by atoms with Gasteiger partial charge in [-0.05, 0) is 60.1 Å². The molecule has 4 nitrogen and oxygen atoms in total. The molecule has 0 aromatic carbocycles. The van der Waals surface area contributed by atoms with Gasteiger partial charge in [0.1, 0.15) is 4.21 Å². The van der Waals surface area contributed by atoms with E-state index in [2.05, 4.69) is 21.2 Å². The molecule has 1 saturated heterocycles. The first kappa shape index (κ1) is 16.2. The van der Waals surface area contributed by atoms with Crippen molar-refractivity contribution in [3.8, 4) is 0 Å². The van der Waals surface area contributed by atoms with Crippen LogP contribution in [0.15, 0.2) is 14.1 Å². The third-order valence-electron chi connectivity index (χ3n) is 3.96. The van der Waals surface area contributed by atoms with E-state index < -0.39 is 10.0 Å². The van der Waals surface area contributed by atoms with Crippen molar-refractivity contribution < 1.29 is 8.42 Å². The third kappa shape index (κ3) is 3.82. The minimum Gasteiger partial charge on any atom is -0.313 e. The van der Waals surface area contributed by atoms with E-state index in [1.807, 2.05) is 0 Å². The maximum Gasteiger partial charge on any atom is 0.252 e. The van der Waals surface area contributed by atoms with Crippen molar-refractivity contribution in [1.29, 1.82) is 0 Å². The summed E-state index contributed by atoms with van der Waals surface area (Å²) in [6.07, 6.45) is 4.45. The summed E-state index contributed by atoms with van der Waals surface area (Å²) in [6, 6.07) is 1.82. The van der Waals surface area contributed by atoms with Crippen LogP contribution in [0.5, 0.6) is 0 Å². The minimum absolute atomic E-state index is 0.275. The van der Waals surface area contributed by atoms with E-state index >= 15 is 0 Å². The van der Waals surface area contributed by atoms with E-state index in [0.717, 1.165) is 32.2 Å². The summed E-state index contributed by atoms with van der Waals surface area (Å²) in [7, 11) is -3.45. The highest BCUT2D eigenvalue weighted by Crippen LogP contribution is 2.38. The van der Waals surface area contributed by atoms with Crippen LogP contribution in [0, 0.1) is 5.92 Å². The molecule has 1 aliphatic carbocycles. The molecule has 1 atom stereocenters. The average Bonchev–Trinajstić information content (AvgIpc) is 2.97. The van der Waals surface area contributed by atoms with Gasteiger partial charge in [-0.3, -0.25) is 0 Å². The van der Waals surface area contributed by atoms with Crippen LogP contribution in [0.2, 0.25) is 5.02 Å². The smallest absolute Gasteiger partial charge is 0.252 e. The Balaban J connectivity index is 1.82. The molecule has 0 radical (unpaired) electrons. The summed E-state index contributed by atoms with van der Waals surface area (Å²) < 4.78 is 28.4. The largest absolute Gasteiger partial charge is 0.313 e. The standard InChI is InChI=1S/C13H18BrClN2O2S2/c14-13-11(15)6-12(20-13)21(18,19)17(7-9-3-4-9)8-10-2-1-5-16-10/h6,9-10,16H,1-5,7-8H2. The van der Waals surface area contributed by atoms with Gasteiger partial charge in [-0.2, -0.15) is 4.31 Å². The maximum atomic E-state index is 12.9. The van der Waals surface area contributed by atoms with Crippen LogP contribution in [-0.4, -0.2) is 38.4 Å². The summed E-state index contributed by atoms with van der Waals surface area (Å²) in [5, 5.41) is 3.84. The summed E-state index contributed by atoms with van der Waals surface area (Å²) >= 11 is 10.5. The predicted molar refractivity (Wildman–Crippen MR) is 89.5 cm³/mol. The molecular weight excluding hydrogens is 396 g/mol. The van der Waals surface area contributed by atoms with E-state index in [0.29, 0.717) is 32.0 Å². The van der Waals surface area contributed by atoms with Crippen LogP contribution < -0.4 is 5.32 Å². The second-order valence-corrected chi connectivity index (χ2v) is 10.7. The fraction of sp³-hybridized carbons (Fsp3) is 0.692. The second kappa shape index (κ2) is 6.45. The number of hydrogen-bond donors (Lipinski definition) is 1. The van der Waals surface area contributed by atoms with Gasteiger partial charge >= 0.3 is 0 Å². The van der Waals surface area contributed by atoms with E-state index in [1.165, 1.54) is 11.3 Å². The van der Waals surface area contributed by atoms with Crippen LogP contribution >= 0.6 is 38.9 Å². The van der Waals surface area contributed by atoms with Gasteiger partial charge in [0.15, 0.2) is 0 Å². The fourth-order valence-electron chi connectivity index (χ4n) is 2.60. The summed E-state index contributed by atoms with van der Waals surface area (Å²) in [6.45, 7) is 2.18. The van der Waals surface area contributed by atoms with Gasteiger partial charge in [-0.15, -0.1) is 11.3 Å². The van der Waals surface area contributed by atoms with Crippen LogP contribution in [-0.2, 0) is 10.0 Å². The summed E-state index contributed by atoms with van der Waals surface area (Å²) in [4.78, 5) is 0. The Labute approximate surface area is 143 Å². The summed E-state index contributed by atoms with van der Waals surface area (Å²) in [5.74, 6) is 0.528. The molecule has 0 bridgehead atoms. The van der Waals surface area contributed by atoms with E-state index in [9.17, 15) is 8.42 Å². The van der Waals surface area contributed by atoms with Gasteiger partial charge < -0.3 is 5.32 Å². The van der Waals surface area contributed by atoms with E-state index in [-0.39, 0.29) is 6.04 Å². The maximum absolute atomic E-state index is 12.9. The first-order valence-corrected chi connectivity index (χ1v) is 10.6. The molecular formula is C13H18BrClN2O2S2. The topological polar surface area (TPSA) is 49.4 Å². The lowest BCUT2D eigenvalue weighted by Gasteiger charge is -2.24. The molecule has 118 valence electrons. The van der Waals surface area contributed by atoms with Gasteiger partial charge in [-0.25, -0.2) is 8.42 Å². The number of thiophene rings is 1. The highest BCUT2D eigenvalue weighted by Gasteiger charge is 2.34. The molecule has 1 saturated carbocycles. The quantitative estimate of drug-likeness (QED) is 0.778. The SMILES string of the molecule is O=S(=O)(c1cc(Cl)c(Br)s1)N(CC1CC1)CC1CCCN1. The van der Waals surface area contributed by atoms with Crippen molar-refractivity contribution in [2.75, 3.05) is 19.6 Å². The average molecular weight is 414 g/mol. The Morgan fingerprint density at radius 3 is 2.67 bits per heavy atom. The Bertz CT molecular complexity index is 590. The highest BCUT2D eigenvalue weighted by atomic mass is 79.9. The molecule has 8 heteroatoms. The van der Waals surface area contributed by atoms with Crippen molar-refractivity contribution in [1.82, 2.24) is 9.62 Å². The predicted octanol–water partition coefficient (Wildman–Crippen LogP) is 3.32. The van der Waals surface area contributed by atoms with Gasteiger partial charge in [0.25, 0.3) is 10.0 Å². The van der Waals surface area contributed by atoms with Crippen molar-refractivity contribution >= 4 is 48.9 Å². The first-order valence-electron chi connectivity index (χ1n) is 7.15. The van der Waals surface area contributed by atoms with Crippen LogP contribution in [0.25, 0.3) is 0 Å². The molecule has 2 aliphatic rings. The number of sulfonamides is 1. The molecule has 2 heterocycles. The molecule has 0 spiro atoms. The lowest BCUT2D eigenvalue weighted by atomic mass is 10.2. The number of halogens is 2. The molecule has 1 unspecified atom stereocenters. The number of hydrogen-bond acceptors (Lipinski definition) is 4. The normalized spacial score (nSPS) is 23.1. The van der Waals surface area contributed by atoms with Gasteiger partial charge in [0.05, 0.1) is 8.81 Å². The molecule has 21 heavy (non-hydrogen) atoms. The Hall–Kier alpha value is 0.340. The monoisotopic (exact) mass is 412 g/mol. The Kier molecular flexibility index (Phi) is 4.98. The van der Waals surface area contributed by atoms with Crippen molar-refractivity contribution in [2.45, 2.75) is 35.9 Å². The molecule has 1 N–H and O–H groups in total. The van der Waals surface area contributed by atoms with Crippen molar-refractivity contribution in [3.63, 3.8) is 0 Å². The molecule has 1 aliphatic heterocycles. The zero-order valence-corrected chi connectivity index (χ0v) is 15.5. The van der Waals surface area contributed by atoms with Crippen molar-refractivity contribution in [3.05, 3.63) is 14.9 Å². The lowest BCUT2D eigenvalue weighted by Crippen LogP contribution is -2.41. The molecule has 1 aromatic rings. The van der Waals surface area contributed by atoms with E-state index in [1.54, 1.807) is 10.4 Å². The lowest BCUT2D eigenvalue weighted by molar-refractivity contribution is 0.359. The fourth-order valence-corrected chi connectivity index (χ4v) is 6.71. The van der Waals surface area contributed by atoms with Crippen LogP contribution in [0.4, 0.5) is 0 Å². The highest BCUT2D eigenvalue weighted by molar-refractivity contribution is 9.11. The molecule has 2 fully saturated rings. The molecule has 0 amide bonds. The molecule has 3 rings (SSSR count).